The van der Waals surface area contributed by atoms with E-state index in [2.05, 4.69) is 11.4 Å². The van der Waals surface area contributed by atoms with Gasteiger partial charge in [0.25, 0.3) is 0 Å². The van der Waals surface area contributed by atoms with E-state index < -0.39 is 0 Å². The topological polar surface area (TPSA) is 51.4 Å². The Balaban J connectivity index is 1.75. The molecule has 0 radical (unpaired) electrons. The monoisotopic (exact) mass is 340 g/mol. The van der Waals surface area contributed by atoms with Crippen molar-refractivity contribution in [2.75, 3.05) is 20.1 Å². The van der Waals surface area contributed by atoms with Crippen molar-refractivity contribution in [3.8, 4) is 6.07 Å². The molecule has 0 aromatic heterocycles. The summed E-state index contributed by atoms with van der Waals surface area (Å²) in [6.45, 7) is 4.44. The summed E-state index contributed by atoms with van der Waals surface area (Å²) in [5.74, 6) is 1.26. The van der Waals surface area contributed by atoms with E-state index in [0.717, 1.165) is 50.2 Å². The molecule has 0 spiro atoms. The minimum atomic E-state index is -0.311. The number of amidine groups is 1. The number of benzene rings is 1. The number of nitrogens with zero attached hydrogens (tertiary/aromatic N) is 3. The molecule has 1 saturated heterocycles. The van der Waals surface area contributed by atoms with Crippen LogP contribution in [0.5, 0.6) is 0 Å². The number of piperidine rings is 1. The average Bonchev–Trinajstić information content (AvgIpc) is 2.65. The summed E-state index contributed by atoms with van der Waals surface area (Å²) in [5.41, 5.74) is 3.02. The molecule has 0 atom stereocenters. The second-order valence-corrected chi connectivity index (χ2v) is 6.94. The molecule has 1 fully saturated rings. The van der Waals surface area contributed by atoms with E-state index in [1.807, 2.05) is 24.9 Å². The van der Waals surface area contributed by atoms with Crippen molar-refractivity contribution >= 4 is 5.84 Å². The Bertz CT molecular complexity index is 716. The smallest absolute Gasteiger partial charge is 0.129 e. The molecule has 25 heavy (non-hydrogen) atoms. The minimum Gasteiger partial charge on any atom is -0.359 e. The molecule has 0 saturated carbocycles. The number of aryl methyl sites for hydroxylation is 1. The lowest BCUT2D eigenvalue weighted by atomic mass is 9.92. The van der Waals surface area contributed by atoms with Crippen molar-refractivity contribution in [1.29, 1.82) is 5.26 Å². The number of allylic oxidation sites excluding steroid dienone is 2. The first-order chi connectivity index (χ1) is 12.1. The summed E-state index contributed by atoms with van der Waals surface area (Å²) >= 11 is 0. The van der Waals surface area contributed by atoms with Crippen LogP contribution in [0.25, 0.3) is 0 Å². The largest absolute Gasteiger partial charge is 0.359 e. The second kappa shape index (κ2) is 7.79. The first kappa shape index (κ1) is 17.6. The van der Waals surface area contributed by atoms with Crippen LogP contribution in [-0.4, -0.2) is 30.9 Å². The van der Waals surface area contributed by atoms with Gasteiger partial charge >= 0.3 is 0 Å². The third-order valence-corrected chi connectivity index (χ3v) is 5.12. The molecule has 0 amide bonds. The maximum Gasteiger partial charge on any atom is 0.129 e. The van der Waals surface area contributed by atoms with Gasteiger partial charge in [0.2, 0.25) is 0 Å². The maximum absolute atomic E-state index is 14.4. The molecule has 2 aliphatic heterocycles. The molecule has 1 N–H and O–H groups in total. The highest BCUT2D eigenvalue weighted by atomic mass is 19.1. The SMILES string of the molecule is Cc1cc(C#N)cc(F)c1CN(C)C1=NC(C2CCNCC2)=CCC1. The van der Waals surface area contributed by atoms with Gasteiger partial charge in [0.15, 0.2) is 0 Å². The summed E-state index contributed by atoms with van der Waals surface area (Å²) in [6.07, 6.45) is 6.42. The van der Waals surface area contributed by atoms with Crippen LogP contribution in [0.1, 0.15) is 42.4 Å². The first-order valence-corrected chi connectivity index (χ1v) is 8.97. The van der Waals surface area contributed by atoms with Crippen molar-refractivity contribution < 1.29 is 4.39 Å². The fraction of sp³-hybridized carbons (Fsp3) is 0.500. The van der Waals surface area contributed by atoms with Gasteiger partial charge in [0.1, 0.15) is 11.7 Å². The van der Waals surface area contributed by atoms with Crippen molar-refractivity contribution in [2.24, 2.45) is 10.9 Å². The highest BCUT2D eigenvalue weighted by molar-refractivity contribution is 5.84. The quantitative estimate of drug-likeness (QED) is 0.916. The number of hydrogen-bond acceptors (Lipinski definition) is 4. The lowest BCUT2D eigenvalue weighted by Crippen LogP contribution is -2.31. The van der Waals surface area contributed by atoms with E-state index >= 15 is 0 Å². The van der Waals surface area contributed by atoms with E-state index in [-0.39, 0.29) is 5.82 Å². The van der Waals surface area contributed by atoms with Gasteiger partial charge in [-0.1, -0.05) is 6.08 Å². The summed E-state index contributed by atoms with van der Waals surface area (Å²) in [5, 5.41) is 12.4. The summed E-state index contributed by atoms with van der Waals surface area (Å²) < 4.78 is 14.4. The zero-order chi connectivity index (χ0) is 17.8. The van der Waals surface area contributed by atoms with Crippen LogP contribution in [0.15, 0.2) is 28.9 Å². The predicted octanol–water partition coefficient (Wildman–Crippen LogP) is 3.51. The van der Waals surface area contributed by atoms with E-state index in [0.29, 0.717) is 23.6 Å². The molecule has 3 rings (SSSR count). The molecule has 0 bridgehead atoms. The van der Waals surface area contributed by atoms with Gasteiger partial charge in [-0.15, -0.1) is 0 Å². The van der Waals surface area contributed by atoms with Crippen LogP contribution in [0.2, 0.25) is 0 Å². The third-order valence-electron chi connectivity index (χ3n) is 5.12. The lowest BCUT2D eigenvalue weighted by Gasteiger charge is -2.29. The van der Waals surface area contributed by atoms with Gasteiger partial charge < -0.3 is 10.2 Å². The van der Waals surface area contributed by atoms with Crippen molar-refractivity contribution in [3.05, 3.63) is 46.4 Å². The molecule has 5 heteroatoms. The Labute approximate surface area is 149 Å². The Morgan fingerprint density at radius 1 is 1.36 bits per heavy atom. The molecular formula is C20H25FN4. The zero-order valence-corrected chi connectivity index (χ0v) is 15.0. The lowest BCUT2D eigenvalue weighted by molar-refractivity contribution is 0.410. The first-order valence-electron chi connectivity index (χ1n) is 8.97. The molecule has 2 heterocycles. The number of hydrogen-bond donors (Lipinski definition) is 1. The summed E-state index contributed by atoms with van der Waals surface area (Å²) in [6, 6.07) is 5.07. The fourth-order valence-corrected chi connectivity index (χ4v) is 3.62. The van der Waals surface area contributed by atoms with Crippen molar-refractivity contribution in [2.45, 2.75) is 39.2 Å². The molecule has 0 aliphatic carbocycles. The van der Waals surface area contributed by atoms with E-state index in [1.165, 1.54) is 11.8 Å². The van der Waals surface area contributed by atoms with Crippen LogP contribution < -0.4 is 5.32 Å². The van der Waals surface area contributed by atoms with Crippen molar-refractivity contribution in [1.82, 2.24) is 10.2 Å². The number of aliphatic imine (C=N–C) groups is 1. The molecule has 1 aromatic carbocycles. The normalized spacial score (nSPS) is 18.3. The van der Waals surface area contributed by atoms with Gasteiger partial charge in [0.05, 0.1) is 11.6 Å². The Hall–Kier alpha value is -2.19. The molecule has 0 unspecified atom stereocenters. The Kier molecular flexibility index (Phi) is 5.50. The number of rotatable bonds is 3. The number of nitriles is 1. The standard InChI is InChI=1S/C20H25FN4/c1-14-10-15(12-22)11-18(21)17(14)13-25(2)20-5-3-4-19(24-20)16-6-8-23-9-7-16/h4,10-11,16,23H,3,5-9,13H2,1-2H3. The minimum absolute atomic E-state index is 0.311. The average molecular weight is 340 g/mol. The van der Waals surface area contributed by atoms with Crippen molar-refractivity contribution in [3.63, 3.8) is 0 Å². The van der Waals surface area contributed by atoms with E-state index in [1.54, 1.807) is 6.07 Å². The van der Waals surface area contributed by atoms with Crippen LogP contribution in [0.4, 0.5) is 4.39 Å². The maximum atomic E-state index is 14.4. The fourth-order valence-electron chi connectivity index (χ4n) is 3.62. The van der Waals surface area contributed by atoms with E-state index in [9.17, 15) is 4.39 Å². The van der Waals surface area contributed by atoms with Gasteiger partial charge in [-0.25, -0.2) is 9.38 Å². The molecule has 2 aliphatic rings. The van der Waals surface area contributed by atoms with Gasteiger partial charge in [0, 0.05) is 37.2 Å². The summed E-state index contributed by atoms with van der Waals surface area (Å²) in [4.78, 5) is 6.94. The predicted molar refractivity (Wildman–Crippen MR) is 97.7 cm³/mol. The third kappa shape index (κ3) is 4.08. The highest BCUT2D eigenvalue weighted by Gasteiger charge is 2.21. The molecule has 132 valence electrons. The molecule has 4 nitrogen and oxygen atoms in total. The molecular weight excluding hydrogens is 315 g/mol. The zero-order valence-electron chi connectivity index (χ0n) is 15.0. The van der Waals surface area contributed by atoms with Gasteiger partial charge in [-0.05, 0) is 57.0 Å². The van der Waals surface area contributed by atoms with Gasteiger partial charge in [-0.3, -0.25) is 0 Å². The van der Waals surface area contributed by atoms with Gasteiger partial charge in [-0.2, -0.15) is 5.26 Å². The van der Waals surface area contributed by atoms with E-state index in [4.69, 9.17) is 10.3 Å². The van der Waals surface area contributed by atoms with Crippen LogP contribution >= 0.6 is 0 Å². The number of halogens is 1. The highest BCUT2D eigenvalue weighted by Crippen LogP contribution is 2.27. The Morgan fingerprint density at radius 2 is 2.12 bits per heavy atom. The Morgan fingerprint density at radius 3 is 2.80 bits per heavy atom. The molecule has 1 aromatic rings. The van der Waals surface area contributed by atoms with Crippen LogP contribution in [0.3, 0.4) is 0 Å². The summed E-state index contributed by atoms with van der Waals surface area (Å²) in [7, 11) is 1.97. The van der Waals surface area contributed by atoms with Crippen LogP contribution in [-0.2, 0) is 6.54 Å². The second-order valence-electron chi connectivity index (χ2n) is 6.94. The van der Waals surface area contributed by atoms with Crippen LogP contribution in [0, 0.1) is 30.0 Å². The number of nitrogens with one attached hydrogen (secondary N) is 1.